The van der Waals surface area contributed by atoms with E-state index in [1.165, 1.54) is 0 Å². The third-order valence-corrected chi connectivity index (χ3v) is 5.05. The molecule has 21 heavy (non-hydrogen) atoms. The van der Waals surface area contributed by atoms with Crippen LogP contribution in [0.1, 0.15) is 19.0 Å². The van der Waals surface area contributed by atoms with Gasteiger partial charge in [0.1, 0.15) is 4.90 Å². The van der Waals surface area contributed by atoms with Crippen molar-refractivity contribution in [1.29, 1.82) is 0 Å². The van der Waals surface area contributed by atoms with Crippen LogP contribution in [0.25, 0.3) is 0 Å². The smallest absolute Gasteiger partial charge is 0.242 e. The molecule has 0 fully saturated rings. The predicted molar refractivity (Wildman–Crippen MR) is 86.2 cm³/mol. The first-order valence-electron chi connectivity index (χ1n) is 6.83. The molecule has 0 aliphatic heterocycles. The van der Waals surface area contributed by atoms with Crippen molar-refractivity contribution in [3.8, 4) is 0 Å². The van der Waals surface area contributed by atoms with Gasteiger partial charge in [-0.2, -0.15) is 0 Å². The molecule has 0 bridgehead atoms. The molecule has 0 unspecified atom stereocenters. The maximum absolute atomic E-state index is 12.2. The molecule has 2 aromatic rings. The molecule has 0 spiro atoms. The van der Waals surface area contributed by atoms with Crippen molar-refractivity contribution in [2.24, 2.45) is 0 Å². The van der Waals surface area contributed by atoms with Crippen LogP contribution >= 0.6 is 11.3 Å². The van der Waals surface area contributed by atoms with Gasteiger partial charge in [0, 0.05) is 24.9 Å². The van der Waals surface area contributed by atoms with Crippen LogP contribution in [0.2, 0.25) is 0 Å². The summed E-state index contributed by atoms with van der Waals surface area (Å²) >= 11 is 1.56. The third-order valence-electron chi connectivity index (χ3n) is 2.90. The number of nitrogens with zero attached hydrogens (tertiary/aromatic N) is 1. The van der Waals surface area contributed by atoms with Crippen LogP contribution in [-0.4, -0.2) is 26.5 Å². The highest BCUT2D eigenvalue weighted by molar-refractivity contribution is 7.89. The van der Waals surface area contributed by atoms with Crippen molar-refractivity contribution in [3.63, 3.8) is 0 Å². The molecule has 0 saturated heterocycles. The Morgan fingerprint density at radius 3 is 2.76 bits per heavy atom. The van der Waals surface area contributed by atoms with E-state index in [0.717, 1.165) is 18.5 Å². The van der Waals surface area contributed by atoms with Gasteiger partial charge >= 0.3 is 0 Å². The average molecular weight is 325 g/mol. The van der Waals surface area contributed by atoms with Crippen LogP contribution < -0.4 is 10.0 Å². The molecule has 0 aliphatic rings. The average Bonchev–Trinajstić information content (AvgIpc) is 2.99. The summed E-state index contributed by atoms with van der Waals surface area (Å²) in [6, 6.07) is 6.95. The van der Waals surface area contributed by atoms with E-state index in [2.05, 4.69) is 15.0 Å². The lowest BCUT2D eigenvalue weighted by Gasteiger charge is -2.12. The zero-order chi connectivity index (χ0) is 15.1. The first-order chi connectivity index (χ1) is 10.1. The Bertz CT molecular complexity index is 655. The SMILES string of the molecule is CCCNS(=O)(=O)c1ccccc1NCCc1cscn1. The van der Waals surface area contributed by atoms with Crippen molar-refractivity contribution in [3.05, 3.63) is 40.8 Å². The third kappa shape index (κ3) is 4.52. The molecule has 5 nitrogen and oxygen atoms in total. The van der Waals surface area contributed by atoms with E-state index in [9.17, 15) is 8.42 Å². The lowest BCUT2D eigenvalue weighted by Crippen LogP contribution is -2.25. The highest BCUT2D eigenvalue weighted by Gasteiger charge is 2.17. The molecule has 0 aliphatic carbocycles. The molecular formula is C14H19N3O2S2. The topological polar surface area (TPSA) is 71.1 Å². The fourth-order valence-electron chi connectivity index (χ4n) is 1.85. The zero-order valence-electron chi connectivity index (χ0n) is 11.9. The normalized spacial score (nSPS) is 11.5. The summed E-state index contributed by atoms with van der Waals surface area (Å²) in [5.74, 6) is 0. The van der Waals surface area contributed by atoms with Gasteiger partial charge in [-0.05, 0) is 18.6 Å². The standard InChI is InChI=1S/C14H19N3O2S2/c1-2-8-17-21(18,19)14-6-4-3-5-13(14)15-9-7-12-10-20-11-16-12/h3-6,10-11,15,17H,2,7-9H2,1H3. The largest absolute Gasteiger partial charge is 0.384 e. The monoisotopic (exact) mass is 325 g/mol. The van der Waals surface area contributed by atoms with Crippen LogP contribution in [0.4, 0.5) is 5.69 Å². The van der Waals surface area contributed by atoms with Crippen molar-refractivity contribution in [1.82, 2.24) is 9.71 Å². The van der Waals surface area contributed by atoms with Crippen LogP contribution in [0.3, 0.4) is 0 Å². The summed E-state index contributed by atoms with van der Waals surface area (Å²) in [6.07, 6.45) is 1.53. The number of anilines is 1. The summed E-state index contributed by atoms with van der Waals surface area (Å²) in [5, 5.41) is 5.17. The molecule has 114 valence electrons. The summed E-state index contributed by atoms with van der Waals surface area (Å²) in [5.41, 5.74) is 3.43. The number of hydrogen-bond acceptors (Lipinski definition) is 5. The van der Waals surface area contributed by atoms with Gasteiger partial charge in [0.05, 0.1) is 16.9 Å². The van der Waals surface area contributed by atoms with Crippen LogP contribution in [-0.2, 0) is 16.4 Å². The van der Waals surface area contributed by atoms with Gasteiger partial charge in [0.2, 0.25) is 10.0 Å². The highest BCUT2D eigenvalue weighted by Crippen LogP contribution is 2.20. The molecule has 1 heterocycles. The summed E-state index contributed by atoms with van der Waals surface area (Å²) < 4.78 is 27.1. The highest BCUT2D eigenvalue weighted by atomic mass is 32.2. The number of benzene rings is 1. The van der Waals surface area contributed by atoms with E-state index in [0.29, 0.717) is 18.8 Å². The molecule has 7 heteroatoms. The van der Waals surface area contributed by atoms with Gasteiger partial charge in [-0.15, -0.1) is 11.3 Å². The quantitative estimate of drug-likeness (QED) is 0.782. The fraction of sp³-hybridized carbons (Fsp3) is 0.357. The molecule has 0 amide bonds. The van der Waals surface area contributed by atoms with Crippen molar-refractivity contribution in [2.45, 2.75) is 24.7 Å². The Kier molecular flexibility index (Phi) is 5.72. The molecule has 2 N–H and O–H groups in total. The Morgan fingerprint density at radius 2 is 2.05 bits per heavy atom. The van der Waals surface area contributed by atoms with Gasteiger partial charge in [-0.3, -0.25) is 0 Å². The number of rotatable bonds is 8. The number of thiazole rings is 1. The first-order valence-corrected chi connectivity index (χ1v) is 9.25. The maximum Gasteiger partial charge on any atom is 0.242 e. The predicted octanol–water partition coefficient (Wildman–Crippen LogP) is 2.49. The second-order valence-corrected chi connectivity index (χ2v) is 7.00. The molecular weight excluding hydrogens is 306 g/mol. The van der Waals surface area contributed by atoms with Crippen molar-refractivity contribution in [2.75, 3.05) is 18.4 Å². The summed E-state index contributed by atoms with van der Waals surface area (Å²) in [6.45, 7) is 3.01. The Labute approximate surface area is 129 Å². The van der Waals surface area contributed by atoms with Gasteiger partial charge in [-0.25, -0.2) is 18.1 Å². The Hall–Kier alpha value is -1.44. The van der Waals surface area contributed by atoms with Crippen LogP contribution in [0.5, 0.6) is 0 Å². The number of aromatic nitrogens is 1. The summed E-state index contributed by atoms with van der Waals surface area (Å²) in [7, 11) is -3.46. The van der Waals surface area contributed by atoms with E-state index in [-0.39, 0.29) is 4.90 Å². The second kappa shape index (κ2) is 7.53. The maximum atomic E-state index is 12.2. The zero-order valence-corrected chi connectivity index (χ0v) is 13.5. The van der Waals surface area contributed by atoms with Gasteiger partial charge < -0.3 is 5.32 Å². The second-order valence-electron chi connectivity index (χ2n) is 4.55. The van der Waals surface area contributed by atoms with E-state index in [4.69, 9.17) is 0 Å². The van der Waals surface area contributed by atoms with E-state index >= 15 is 0 Å². The van der Waals surface area contributed by atoms with Crippen molar-refractivity contribution < 1.29 is 8.42 Å². The Balaban J connectivity index is 2.06. The van der Waals surface area contributed by atoms with Crippen LogP contribution in [0, 0.1) is 0 Å². The fourth-order valence-corrected chi connectivity index (χ4v) is 3.76. The minimum Gasteiger partial charge on any atom is -0.384 e. The first kappa shape index (κ1) is 15.9. The van der Waals surface area contributed by atoms with Gasteiger partial charge in [0.25, 0.3) is 0 Å². The lowest BCUT2D eigenvalue weighted by atomic mass is 10.3. The molecule has 2 rings (SSSR count). The van der Waals surface area contributed by atoms with E-state index in [1.807, 2.05) is 18.4 Å². The number of nitrogens with one attached hydrogen (secondary N) is 2. The number of hydrogen-bond donors (Lipinski definition) is 2. The molecule has 1 aromatic heterocycles. The van der Waals surface area contributed by atoms with E-state index in [1.54, 1.807) is 35.0 Å². The Morgan fingerprint density at radius 1 is 1.24 bits per heavy atom. The minimum absolute atomic E-state index is 0.289. The number of para-hydroxylation sites is 1. The summed E-state index contributed by atoms with van der Waals surface area (Å²) in [4.78, 5) is 4.50. The van der Waals surface area contributed by atoms with E-state index < -0.39 is 10.0 Å². The van der Waals surface area contributed by atoms with Gasteiger partial charge in [0.15, 0.2) is 0 Å². The molecule has 0 atom stereocenters. The number of sulfonamides is 1. The molecule has 0 saturated carbocycles. The molecule has 0 radical (unpaired) electrons. The van der Waals surface area contributed by atoms with Crippen molar-refractivity contribution >= 4 is 27.0 Å². The van der Waals surface area contributed by atoms with Crippen LogP contribution in [0.15, 0.2) is 40.1 Å². The minimum atomic E-state index is -3.46. The lowest BCUT2D eigenvalue weighted by molar-refractivity contribution is 0.581. The molecule has 1 aromatic carbocycles. The van der Waals surface area contributed by atoms with Gasteiger partial charge in [-0.1, -0.05) is 19.1 Å².